The Bertz CT molecular complexity index is 523. The highest BCUT2D eigenvalue weighted by atomic mass is 127. The largest absolute Gasteiger partial charge is 0.487 e. The van der Waals surface area contributed by atoms with Gasteiger partial charge >= 0.3 is 0 Å². The molecule has 0 saturated heterocycles. The molecular weight excluding hydrogens is 363 g/mol. The van der Waals surface area contributed by atoms with Gasteiger partial charge < -0.3 is 10.1 Å². The second kappa shape index (κ2) is 7.59. The number of rotatable bonds is 6. The highest BCUT2D eigenvalue weighted by Crippen LogP contribution is 2.13. The zero-order valence-corrected chi connectivity index (χ0v) is 13.9. The molecular formula is C16H19IN2O. The average Bonchev–Trinajstić information content (AvgIpc) is 2.45. The number of aromatic nitrogens is 1. The number of hydrogen-bond acceptors (Lipinski definition) is 3. The third-order valence-electron chi connectivity index (χ3n) is 2.81. The normalized spacial score (nSPS) is 10.8. The fraction of sp³-hybridized carbons (Fsp3) is 0.312. The summed E-state index contributed by atoms with van der Waals surface area (Å²) in [5.41, 5.74) is 2.19. The van der Waals surface area contributed by atoms with E-state index in [1.54, 1.807) is 6.20 Å². The Kier molecular flexibility index (Phi) is 5.79. The van der Waals surface area contributed by atoms with Gasteiger partial charge in [0.1, 0.15) is 12.4 Å². The summed E-state index contributed by atoms with van der Waals surface area (Å²) in [6.45, 7) is 5.61. The van der Waals surface area contributed by atoms with Gasteiger partial charge in [0.25, 0.3) is 0 Å². The quantitative estimate of drug-likeness (QED) is 0.773. The molecule has 0 saturated carbocycles. The summed E-state index contributed by atoms with van der Waals surface area (Å²) in [6, 6.07) is 12.8. The van der Waals surface area contributed by atoms with Crippen LogP contribution in [0.2, 0.25) is 0 Å². The summed E-state index contributed by atoms with van der Waals surface area (Å²) in [6.07, 6.45) is 1.78. The lowest BCUT2D eigenvalue weighted by molar-refractivity contribution is 0.304. The van der Waals surface area contributed by atoms with Crippen LogP contribution in [0.4, 0.5) is 0 Å². The van der Waals surface area contributed by atoms with Crippen LogP contribution in [0.15, 0.2) is 42.6 Å². The van der Waals surface area contributed by atoms with E-state index in [9.17, 15) is 0 Å². The molecule has 3 nitrogen and oxygen atoms in total. The monoisotopic (exact) mass is 382 g/mol. The molecule has 0 aliphatic heterocycles. The minimum Gasteiger partial charge on any atom is -0.487 e. The highest BCUT2D eigenvalue weighted by Gasteiger charge is 1.99. The summed E-state index contributed by atoms with van der Waals surface area (Å²) in [5.74, 6) is 0.803. The van der Waals surface area contributed by atoms with Crippen LogP contribution in [-0.4, -0.2) is 11.0 Å². The van der Waals surface area contributed by atoms with Gasteiger partial charge in [-0.2, -0.15) is 0 Å². The summed E-state index contributed by atoms with van der Waals surface area (Å²) in [5, 5.41) is 3.34. The van der Waals surface area contributed by atoms with Crippen LogP contribution in [0, 0.1) is 3.57 Å². The van der Waals surface area contributed by atoms with Crippen molar-refractivity contribution in [3.05, 3.63) is 57.4 Å². The Labute approximate surface area is 133 Å². The molecule has 0 amide bonds. The Morgan fingerprint density at radius 3 is 2.50 bits per heavy atom. The summed E-state index contributed by atoms with van der Waals surface area (Å²) >= 11 is 2.30. The van der Waals surface area contributed by atoms with Gasteiger partial charge in [-0.1, -0.05) is 26.0 Å². The first-order valence-corrected chi connectivity index (χ1v) is 7.77. The molecule has 0 atom stereocenters. The van der Waals surface area contributed by atoms with E-state index >= 15 is 0 Å². The van der Waals surface area contributed by atoms with Gasteiger partial charge in [-0.05, 0) is 52.4 Å². The van der Waals surface area contributed by atoms with Crippen LogP contribution in [0.3, 0.4) is 0 Å². The van der Waals surface area contributed by atoms with E-state index in [1.165, 1.54) is 3.57 Å². The third kappa shape index (κ3) is 5.09. The Morgan fingerprint density at radius 2 is 1.90 bits per heavy atom. The van der Waals surface area contributed by atoms with Gasteiger partial charge in [-0.3, -0.25) is 4.98 Å². The predicted octanol–water partition coefficient (Wildman–Crippen LogP) is 3.76. The van der Waals surface area contributed by atoms with E-state index in [4.69, 9.17) is 4.74 Å². The minimum atomic E-state index is 0.466. The second-order valence-corrected chi connectivity index (χ2v) is 6.18. The van der Waals surface area contributed by atoms with Crippen LogP contribution >= 0.6 is 22.6 Å². The third-order valence-corrected chi connectivity index (χ3v) is 3.53. The van der Waals surface area contributed by atoms with Crippen molar-refractivity contribution in [3.63, 3.8) is 0 Å². The van der Waals surface area contributed by atoms with Gasteiger partial charge in [-0.15, -0.1) is 0 Å². The number of pyridine rings is 1. The summed E-state index contributed by atoms with van der Waals surface area (Å²) in [4.78, 5) is 4.39. The van der Waals surface area contributed by atoms with Crippen molar-refractivity contribution in [1.82, 2.24) is 10.3 Å². The number of benzene rings is 1. The number of halogens is 1. The summed E-state index contributed by atoms with van der Waals surface area (Å²) in [7, 11) is 0. The molecule has 106 valence electrons. The average molecular weight is 382 g/mol. The molecule has 0 radical (unpaired) electrons. The molecule has 0 aliphatic rings. The highest BCUT2D eigenvalue weighted by molar-refractivity contribution is 14.1. The zero-order chi connectivity index (χ0) is 14.4. The van der Waals surface area contributed by atoms with Crippen molar-refractivity contribution in [3.8, 4) is 5.75 Å². The predicted molar refractivity (Wildman–Crippen MR) is 89.7 cm³/mol. The maximum absolute atomic E-state index is 5.73. The number of hydrogen-bond donors (Lipinski definition) is 1. The fourth-order valence-electron chi connectivity index (χ4n) is 1.66. The molecule has 2 rings (SSSR count). The number of nitrogens with one attached hydrogen (secondary N) is 1. The fourth-order valence-corrected chi connectivity index (χ4v) is 2.02. The SMILES string of the molecule is CC(C)NCc1ccc(OCc2ccc(I)cc2)cn1. The second-order valence-electron chi connectivity index (χ2n) is 4.94. The molecule has 0 aliphatic carbocycles. The lowest BCUT2D eigenvalue weighted by atomic mass is 10.2. The van der Waals surface area contributed by atoms with Crippen LogP contribution in [0.25, 0.3) is 0 Å². The van der Waals surface area contributed by atoms with E-state index in [-0.39, 0.29) is 0 Å². The molecule has 4 heteroatoms. The van der Waals surface area contributed by atoms with Crippen LogP contribution in [0.5, 0.6) is 5.75 Å². The molecule has 20 heavy (non-hydrogen) atoms. The standard InChI is InChI=1S/C16H19IN2O/c1-12(2)18-9-15-7-8-16(10-19-15)20-11-13-3-5-14(17)6-4-13/h3-8,10,12,18H,9,11H2,1-2H3. The number of ether oxygens (including phenoxy) is 1. The van der Waals surface area contributed by atoms with Gasteiger partial charge in [0.15, 0.2) is 0 Å². The maximum Gasteiger partial charge on any atom is 0.138 e. The van der Waals surface area contributed by atoms with E-state index < -0.39 is 0 Å². The first kappa shape index (κ1) is 15.3. The van der Waals surface area contributed by atoms with Crippen LogP contribution in [0.1, 0.15) is 25.1 Å². The van der Waals surface area contributed by atoms with Gasteiger partial charge in [0, 0.05) is 16.2 Å². The van der Waals surface area contributed by atoms with Crippen molar-refractivity contribution < 1.29 is 4.74 Å². The Balaban J connectivity index is 1.85. The van der Waals surface area contributed by atoms with Crippen LogP contribution in [-0.2, 0) is 13.2 Å². The zero-order valence-electron chi connectivity index (χ0n) is 11.8. The van der Waals surface area contributed by atoms with Gasteiger partial charge in [0.05, 0.1) is 11.9 Å². The molecule has 0 unspecified atom stereocenters. The van der Waals surface area contributed by atoms with Gasteiger partial charge in [-0.25, -0.2) is 0 Å². The van der Waals surface area contributed by atoms with E-state index in [0.717, 1.165) is 23.6 Å². The number of nitrogens with zero attached hydrogens (tertiary/aromatic N) is 1. The first-order valence-electron chi connectivity index (χ1n) is 6.69. The minimum absolute atomic E-state index is 0.466. The van der Waals surface area contributed by atoms with E-state index in [0.29, 0.717) is 12.6 Å². The molecule has 1 aromatic heterocycles. The van der Waals surface area contributed by atoms with E-state index in [1.807, 2.05) is 12.1 Å². The van der Waals surface area contributed by atoms with Crippen molar-refractivity contribution in [2.75, 3.05) is 0 Å². The van der Waals surface area contributed by atoms with Gasteiger partial charge in [0.2, 0.25) is 0 Å². The molecule has 2 aromatic rings. The lowest BCUT2D eigenvalue weighted by Gasteiger charge is -2.09. The first-order chi connectivity index (χ1) is 9.63. The molecule has 1 N–H and O–H groups in total. The molecule has 0 spiro atoms. The maximum atomic E-state index is 5.73. The molecule has 1 heterocycles. The Morgan fingerprint density at radius 1 is 1.15 bits per heavy atom. The Hall–Kier alpha value is -1.14. The lowest BCUT2D eigenvalue weighted by Crippen LogP contribution is -2.22. The summed E-state index contributed by atoms with van der Waals surface area (Å²) < 4.78 is 6.96. The van der Waals surface area contributed by atoms with Crippen LogP contribution < -0.4 is 10.1 Å². The molecule has 0 bridgehead atoms. The smallest absolute Gasteiger partial charge is 0.138 e. The topological polar surface area (TPSA) is 34.1 Å². The molecule has 0 fully saturated rings. The van der Waals surface area contributed by atoms with Crippen molar-refractivity contribution in [2.45, 2.75) is 33.0 Å². The van der Waals surface area contributed by atoms with E-state index in [2.05, 4.69) is 71.0 Å². The van der Waals surface area contributed by atoms with Crippen molar-refractivity contribution >= 4 is 22.6 Å². The van der Waals surface area contributed by atoms with Crippen molar-refractivity contribution in [1.29, 1.82) is 0 Å². The van der Waals surface area contributed by atoms with Crippen molar-refractivity contribution in [2.24, 2.45) is 0 Å². The molecule has 1 aromatic carbocycles.